The van der Waals surface area contributed by atoms with Gasteiger partial charge in [0, 0.05) is 18.9 Å². The number of aromatic nitrogens is 2. The topological polar surface area (TPSA) is 92.2 Å². The molecule has 0 bridgehead atoms. The summed E-state index contributed by atoms with van der Waals surface area (Å²) in [6.07, 6.45) is 2.54. The number of halogens is 4. The molecule has 0 aliphatic rings. The lowest BCUT2D eigenvalue weighted by atomic mass is 10.3. The van der Waals surface area contributed by atoms with E-state index in [0.717, 1.165) is 6.20 Å². The zero-order valence-corrected chi connectivity index (χ0v) is 15.2. The Labute approximate surface area is 157 Å². The second-order valence-electron chi connectivity index (χ2n) is 4.16. The summed E-state index contributed by atoms with van der Waals surface area (Å²) in [5.41, 5.74) is 0.440. The van der Waals surface area contributed by atoms with Gasteiger partial charge in [-0.15, -0.1) is 0 Å². The van der Waals surface area contributed by atoms with E-state index in [2.05, 4.69) is 15.3 Å². The van der Waals surface area contributed by atoms with Crippen LogP contribution in [0.2, 0.25) is 20.4 Å². The fraction of sp³-hybridized carbons (Fsp3) is 0.143. The van der Waals surface area contributed by atoms with Crippen molar-refractivity contribution in [3.63, 3.8) is 0 Å². The van der Waals surface area contributed by atoms with Crippen molar-refractivity contribution in [1.29, 1.82) is 0 Å². The van der Waals surface area contributed by atoms with Crippen LogP contribution in [0.3, 0.4) is 0 Å². The van der Waals surface area contributed by atoms with Crippen LogP contribution in [-0.2, 0) is 0 Å². The fourth-order valence-electron chi connectivity index (χ4n) is 1.35. The van der Waals surface area contributed by atoms with Crippen LogP contribution < -0.4 is 5.32 Å². The van der Waals surface area contributed by atoms with Crippen LogP contribution in [0.1, 0.15) is 27.6 Å². The first-order chi connectivity index (χ1) is 11.3. The highest BCUT2D eigenvalue weighted by molar-refractivity contribution is 6.41. The van der Waals surface area contributed by atoms with Crippen molar-refractivity contribution in [2.45, 2.75) is 6.92 Å². The average molecular weight is 411 g/mol. The van der Waals surface area contributed by atoms with Gasteiger partial charge in [0.05, 0.1) is 21.2 Å². The maximum atomic E-state index is 11.3. The summed E-state index contributed by atoms with van der Waals surface area (Å²) < 4.78 is 0. The molecule has 0 saturated heterocycles. The van der Waals surface area contributed by atoms with Crippen molar-refractivity contribution in [3.05, 3.63) is 56.0 Å². The lowest BCUT2D eigenvalue weighted by Crippen LogP contribution is -2.22. The third-order valence-corrected chi connectivity index (χ3v) is 3.81. The minimum absolute atomic E-state index is 0.0272. The van der Waals surface area contributed by atoms with E-state index >= 15 is 0 Å². The van der Waals surface area contributed by atoms with Crippen LogP contribution in [-0.4, -0.2) is 33.5 Å². The fourth-order valence-corrected chi connectivity index (χ4v) is 1.89. The molecule has 0 saturated carbocycles. The summed E-state index contributed by atoms with van der Waals surface area (Å²) in [7, 11) is 0. The van der Waals surface area contributed by atoms with Gasteiger partial charge in [-0.05, 0) is 19.1 Å². The Morgan fingerprint density at radius 3 is 1.88 bits per heavy atom. The first-order valence-corrected chi connectivity index (χ1v) is 7.91. The molecule has 0 unspecified atom stereocenters. The Morgan fingerprint density at radius 1 is 1.00 bits per heavy atom. The maximum absolute atomic E-state index is 11.3. The summed E-state index contributed by atoms with van der Waals surface area (Å²) in [4.78, 5) is 28.9. The molecule has 0 aliphatic carbocycles. The van der Waals surface area contributed by atoms with Crippen LogP contribution in [0.5, 0.6) is 0 Å². The molecule has 128 valence electrons. The number of pyridine rings is 2. The minimum Gasteiger partial charge on any atom is -0.478 e. The zero-order valence-electron chi connectivity index (χ0n) is 12.2. The second-order valence-corrected chi connectivity index (χ2v) is 5.69. The van der Waals surface area contributed by atoms with Gasteiger partial charge in [-0.25, -0.2) is 14.8 Å². The van der Waals surface area contributed by atoms with Crippen molar-refractivity contribution in [1.82, 2.24) is 15.3 Å². The molecule has 2 N–H and O–H groups in total. The van der Waals surface area contributed by atoms with E-state index in [1.54, 1.807) is 0 Å². The first-order valence-electron chi connectivity index (χ1n) is 6.39. The van der Waals surface area contributed by atoms with E-state index < -0.39 is 5.97 Å². The third kappa shape index (κ3) is 6.13. The largest absolute Gasteiger partial charge is 0.478 e. The van der Waals surface area contributed by atoms with E-state index in [4.69, 9.17) is 51.5 Å². The summed E-state index contributed by atoms with van der Waals surface area (Å²) in [6, 6.07) is 2.74. The van der Waals surface area contributed by atoms with Crippen molar-refractivity contribution in [3.8, 4) is 0 Å². The molecule has 0 fully saturated rings. The molecule has 0 aliphatic heterocycles. The Morgan fingerprint density at radius 2 is 1.46 bits per heavy atom. The number of carboxylic acids is 1. The van der Waals surface area contributed by atoms with Gasteiger partial charge in [0.15, 0.2) is 0 Å². The van der Waals surface area contributed by atoms with Crippen LogP contribution in [0, 0.1) is 0 Å². The molecular weight excluding hydrogens is 400 g/mol. The summed E-state index contributed by atoms with van der Waals surface area (Å²) >= 11 is 22.2. The Hall–Kier alpha value is -1.60. The van der Waals surface area contributed by atoms with Crippen molar-refractivity contribution in [2.75, 3.05) is 6.54 Å². The van der Waals surface area contributed by atoms with Crippen LogP contribution in [0.15, 0.2) is 24.5 Å². The number of nitrogens with zero attached hydrogens (tertiary/aromatic N) is 2. The Bertz CT molecular complexity index is 756. The molecule has 24 heavy (non-hydrogen) atoms. The van der Waals surface area contributed by atoms with Gasteiger partial charge >= 0.3 is 5.97 Å². The van der Waals surface area contributed by atoms with E-state index in [1.165, 1.54) is 18.3 Å². The predicted octanol–water partition coefficient (Wildman–Crippen LogP) is 4.22. The normalized spacial score (nSPS) is 9.71. The number of amides is 1. The first kappa shape index (κ1) is 20.4. The lowest BCUT2D eigenvalue weighted by molar-refractivity contribution is 0.0696. The molecule has 0 spiro atoms. The molecule has 0 atom stereocenters. The van der Waals surface area contributed by atoms with Gasteiger partial charge in [-0.2, -0.15) is 0 Å². The average Bonchev–Trinajstić information content (AvgIpc) is 2.53. The molecular formula is C14H11Cl4N3O3. The molecule has 0 radical (unpaired) electrons. The third-order valence-electron chi connectivity index (χ3n) is 2.44. The number of hydrogen-bond acceptors (Lipinski definition) is 4. The van der Waals surface area contributed by atoms with Gasteiger partial charge < -0.3 is 10.4 Å². The number of hydrogen-bond donors (Lipinski definition) is 2. The number of carboxylic acid groups (broad SMARTS) is 1. The van der Waals surface area contributed by atoms with E-state index in [-0.39, 0.29) is 31.8 Å². The molecule has 6 nitrogen and oxygen atoms in total. The number of nitrogens with one attached hydrogen (secondary N) is 1. The summed E-state index contributed by atoms with van der Waals surface area (Å²) in [5.74, 6) is -1.27. The number of carbonyl (C=O) groups excluding carboxylic acids is 1. The molecule has 10 heteroatoms. The standard InChI is InChI=1S/C8H8Cl2N2O.C6H3Cl2NO2/c1-2-11-8(13)5-3-6(9)7(10)12-4-5;7-4-1-3(6(10)11)2-9-5(4)8/h3-4H,2H2,1H3,(H,11,13);1-2H,(H,10,11). The molecule has 2 rings (SSSR count). The van der Waals surface area contributed by atoms with E-state index in [0.29, 0.717) is 12.1 Å². The van der Waals surface area contributed by atoms with Crippen molar-refractivity contribution in [2.24, 2.45) is 0 Å². The van der Waals surface area contributed by atoms with Crippen LogP contribution >= 0.6 is 46.4 Å². The van der Waals surface area contributed by atoms with E-state index in [1.807, 2.05) is 6.92 Å². The highest BCUT2D eigenvalue weighted by Gasteiger charge is 2.07. The van der Waals surface area contributed by atoms with Gasteiger partial charge in [0.25, 0.3) is 5.91 Å². The van der Waals surface area contributed by atoms with Crippen molar-refractivity contribution < 1.29 is 14.7 Å². The zero-order chi connectivity index (χ0) is 18.3. The van der Waals surface area contributed by atoms with Crippen LogP contribution in [0.25, 0.3) is 0 Å². The molecule has 2 heterocycles. The van der Waals surface area contributed by atoms with Gasteiger partial charge in [0.2, 0.25) is 0 Å². The smallest absolute Gasteiger partial charge is 0.337 e. The van der Waals surface area contributed by atoms with E-state index in [9.17, 15) is 9.59 Å². The molecule has 2 aromatic rings. The van der Waals surface area contributed by atoms with Gasteiger partial charge in [-0.1, -0.05) is 46.4 Å². The molecule has 2 aromatic heterocycles. The quantitative estimate of drug-likeness (QED) is 0.738. The lowest BCUT2D eigenvalue weighted by Gasteiger charge is -2.02. The maximum Gasteiger partial charge on any atom is 0.337 e. The minimum atomic E-state index is -1.07. The highest BCUT2D eigenvalue weighted by atomic mass is 35.5. The summed E-state index contributed by atoms with van der Waals surface area (Å²) in [5, 5.41) is 11.8. The monoisotopic (exact) mass is 409 g/mol. The number of carbonyl (C=O) groups is 2. The highest BCUT2D eigenvalue weighted by Crippen LogP contribution is 2.20. The predicted molar refractivity (Wildman–Crippen MR) is 93.5 cm³/mol. The summed E-state index contributed by atoms with van der Waals surface area (Å²) in [6.45, 7) is 2.40. The SMILES string of the molecule is CCNC(=O)c1cnc(Cl)c(Cl)c1.O=C(O)c1cnc(Cl)c(Cl)c1. The Balaban J connectivity index is 0.000000243. The van der Waals surface area contributed by atoms with Crippen LogP contribution in [0.4, 0.5) is 0 Å². The number of aromatic carboxylic acids is 1. The Kier molecular flexibility index (Phi) is 8.21. The van der Waals surface area contributed by atoms with Crippen molar-refractivity contribution >= 4 is 58.3 Å². The number of rotatable bonds is 3. The molecule has 0 aromatic carbocycles. The second kappa shape index (κ2) is 9.64. The van der Waals surface area contributed by atoms with Gasteiger partial charge in [0.1, 0.15) is 10.3 Å². The van der Waals surface area contributed by atoms with Gasteiger partial charge in [-0.3, -0.25) is 4.79 Å². The molecule has 1 amide bonds.